The fourth-order valence-electron chi connectivity index (χ4n) is 1.72. The van der Waals surface area contributed by atoms with E-state index in [9.17, 15) is 0 Å². The zero-order valence-electron chi connectivity index (χ0n) is 9.57. The van der Waals surface area contributed by atoms with Crippen molar-refractivity contribution in [1.29, 1.82) is 0 Å². The highest BCUT2D eigenvalue weighted by molar-refractivity contribution is 7.71. The molecule has 2 aromatic rings. The predicted molar refractivity (Wildman–Crippen MR) is 71.6 cm³/mol. The summed E-state index contributed by atoms with van der Waals surface area (Å²) in [5, 5.41) is 0. The summed E-state index contributed by atoms with van der Waals surface area (Å²) in [6.45, 7) is 6.40. The highest BCUT2D eigenvalue weighted by Gasteiger charge is 2.12. The summed E-state index contributed by atoms with van der Waals surface area (Å²) in [4.78, 5) is 9.92. The average molecular weight is 250 g/mol. The second kappa shape index (κ2) is 4.47. The van der Waals surface area contributed by atoms with Gasteiger partial charge in [0.05, 0.1) is 16.9 Å². The van der Waals surface area contributed by atoms with E-state index in [0.29, 0.717) is 10.6 Å². The smallest absolute Gasteiger partial charge is 0.133 e. The monoisotopic (exact) mass is 250 g/mol. The second-order valence-corrected chi connectivity index (χ2v) is 5.74. The van der Waals surface area contributed by atoms with Gasteiger partial charge in [0.2, 0.25) is 0 Å². The number of hydrogen-bond donors (Lipinski definition) is 1. The van der Waals surface area contributed by atoms with E-state index >= 15 is 0 Å². The molecule has 84 valence electrons. The third-order valence-corrected chi connectivity index (χ3v) is 3.80. The van der Waals surface area contributed by atoms with Gasteiger partial charge in [-0.2, -0.15) is 0 Å². The lowest BCUT2D eigenvalue weighted by molar-refractivity contribution is 0.844. The number of aromatic amines is 1. The van der Waals surface area contributed by atoms with Crippen molar-refractivity contribution in [3.05, 3.63) is 33.5 Å². The largest absolute Gasteiger partial charge is 0.345 e. The lowest BCUT2D eigenvalue weighted by Crippen LogP contribution is -1.97. The van der Waals surface area contributed by atoms with Crippen LogP contribution in [0.5, 0.6) is 0 Å². The number of nitrogens with zero attached hydrogens (tertiary/aromatic N) is 1. The van der Waals surface area contributed by atoms with Crippen molar-refractivity contribution in [3.63, 3.8) is 0 Å². The summed E-state index contributed by atoms with van der Waals surface area (Å²) in [6.07, 6.45) is 1.68. The molecule has 2 nitrogen and oxygen atoms in total. The molecular weight excluding hydrogens is 236 g/mol. The van der Waals surface area contributed by atoms with Crippen LogP contribution >= 0.6 is 23.6 Å². The highest BCUT2D eigenvalue weighted by Crippen LogP contribution is 2.32. The van der Waals surface area contributed by atoms with Crippen molar-refractivity contribution < 1.29 is 0 Å². The van der Waals surface area contributed by atoms with Gasteiger partial charge in [0.15, 0.2) is 0 Å². The van der Waals surface area contributed by atoms with Gasteiger partial charge in [-0.3, -0.25) is 0 Å². The number of nitrogens with one attached hydrogen (secondary N) is 1. The molecule has 2 heterocycles. The van der Waals surface area contributed by atoms with E-state index in [2.05, 4.69) is 42.9 Å². The Hall–Kier alpha value is -1.00. The van der Waals surface area contributed by atoms with Gasteiger partial charge >= 0.3 is 0 Å². The quantitative estimate of drug-likeness (QED) is 0.805. The van der Waals surface area contributed by atoms with Crippen molar-refractivity contribution in [3.8, 4) is 10.6 Å². The topological polar surface area (TPSA) is 28.7 Å². The summed E-state index contributed by atoms with van der Waals surface area (Å²) in [5.41, 5.74) is 2.26. The first-order chi connectivity index (χ1) is 7.59. The molecule has 4 heteroatoms. The van der Waals surface area contributed by atoms with Gasteiger partial charge in [0.1, 0.15) is 4.64 Å². The molecule has 1 N–H and O–H groups in total. The Kier molecular flexibility index (Phi) is 3.21. The Labute approximate surface area is 104 Å². The summed E-state index contributed by atoms with van der Waals surface area (Å²) >= 11 is 7.07. The summed E-state index contributed by atoms with van der Waals surface area (Å²) in [5.74, 6) is 0.384. The van der Waals surface area contributed by atoms with Gasteiger partial charge in [0, 0.05) is 10.4 Å². The van der Waals surface area contributed by atoms with Crippen LogP contribution in [0.4, 0.5) is 0 Å². The normalized spacial score (nSPS) is 11.0. The molecule has 0 fully saturated rings. The molecule has 0 saturated carbocycles. The SMILES string of the molecule is Cc1ccc(-c2[nH]cnc(=S)c2C(C)C)s1. The molecule has 16 heavy (non-hydrogen) atoms. The maximum absolute atomic E-state index is 5.30. The van der Waals surface area contributed by atoms with Crippen molar-refractivity contribution in [2.45, 2.75) is 26.7 Å². The number of rotatable bonds is 2. The van der Waals surface area contributed by atoms with Crippen LogP contribution in [0.2, 0.25) is 0 Å². The Morgan fingerprint density at radius 1 is 1.38 bits per heavy atom. The first-order valence-corrected chi connectivity index (χ1v) is 6.46. The van der Waals surface area contributed by atoms with E-state index in [1.165, 1.54) is 9.75 Å². The summed E-state index contributed by atoms with van der Waals surface area (Å²) in [7, 11) is 0. The third-order valence-electron chi connectivity index (χ3n) is 2.45. The van der Waals surface area contributed by atoms with Gasteiger partial charge in [-0.05, 0) is 25.0 Å². The van der Waals surface area contributed by atoms with Crippen molar-refractivity contribution in [2.24, 2.45) is 0 Å². The van der Waals surface area contributed by atoms with E-state index < -0.39 is 0 Å². The molecule has 0 spiro atoms. The Bertz CT molecular complexity index is 552. The van der Waals surface area contributed by atoms with Crippen LogP contribution in [0.25, 0.3) is 10.6 Å². The Balaban J connectivity index is 2.65. The van der Waals surface area contributed by atoms with Gasteiger partial charge in [0.25, 0.3) is 0 Å². The van der Waals surface area contributed by atoms with Crippen LogP contribution in [0, 0.1) is 11.6 Å². The number of thiophene rings is 1. The van der Waals surface area contributed by atoms with E-state index in [1.54, 1.807) is 17.7 Å². The van der Waals surface area contributed by atoms with Crippen molar-refractivity contribution in [1.82, 2.24) is 9.97 Å². The molecule has 2 rings (SSSR count). The molecule has 0 saturated heterocycles. The van der Waals surface area contributed by atoms with Gasteiger partial charge < -0.3 is 4.98 Å². The minimum absolute atomic E-state index is 0.384. The predicted octanol–water partition coefficient (Wildman–Crippen LogP) is 4.30. The van der Waals surface area contributed by atoms with Crippen LogP contribution in [0.15, 0.2) is 18.5 Å². The van der Waals surface area contributed by atoms with Crippen LogP contribution in [0.1, 0.15) is 30.2 Å². The Morgan fingerprint density at radius 2 is 2.12 bits per heavy atom. The molecule has 0 aliphatic heterocycles. The highest BCUT2D eigenvalue weighted by atomic mass is 32.1. The molecule has 0 bridgehead atoms. The van der Waals surface area contributed by atoms with Crippen molar-refractivity contribution in [2.75, 3.05) is 0 Å². The second-order valence-electron chi connectivity index (χ2n) is 4.06. The Morgan fingerprint density at radius 3 is 2.69 bits per heavy atom. The maximum Gasteiger partial charge on any atom is 0.133 e. The van der Waals surface area contributed by atoms with Crippen LogP contribution < -0.4 is 0 Å². The molecule has 2 aromatic heterocycles. The summed E-state index contributed by atoms with van der Waals surface area (Å²) < 4.78 is 0.704. The zero-order chi connectivity index (χ0) is 11.7. The number of aromatic nitrogens is 2. The molecule has 0 unspecified atom stereocenters. The molecule has 0 aliphatic rings. The van der Waals surface area contributed by atoms with Gasteiger partial charge in [-0.1, -0.05) is 26.1 Å². The van der Waals surface area contributed by atoms with Gasteiger partial charge in [-0.25, -0.2) is 4.98 Å². The van der Waals surface area contributed by atoms with Crippen molar-refractivity contribution >= 4 is 23.6 Å². The number of aryl methyl sites for hydroxylation is 1. The van der Waals surface area contributed by atoms with E-state index in [-0.39, 0.29) is 0 Å². The van der Waals surface area contributed by atoms with E-state index in [4.69, 9.17) is 12.2 Å². The van der Waals surface area contributed by atoms with Crippen LogP contribution in [0.3, 0.4) is 0 Å². The first kappa shape index (κ1) is 11.5. The average Bonchev–Trinajstić information content (AvgIpc) is 2.63. The lowest BCUT2D eigenvalue weighted by Gasteiger charge is -2.10. The van der Waals surface area contributed by atoms with Crippen LogP contribution in [-0.2, 0) is 0 Å². The minimum atomic E-state index is 0.384. The number of H-pyrrole nitrogens is 1. The third kappa shape index (κ3) is 2.08. The molecule has 0 aliphatic carbocycles. The maximum atomic E-state index is 5.30. The fraction of sp³-hybridized carbons (Fsp3) is 0.333. The van der Waals surface area contributed by atoms with E-state index in [0.717, 1.165) is 11.3 Å². The standard InChI is InChI=1S/C12H14N2S2/c1-7(2)10-11(13-6-14-12(10)15)9-5-4-8(3)16-9/h4-7H,1-3H3,(H,13,14,15). The van der Waals surface area contributed by atoms with E-state index in [1.807, 2.05) is 0 Å². The molecule has 0 atom stereocenters. The number of hydrogen-bond acceptors (Lipinski definition) is 3. The minimum Gasteiger partial charge on any atom is -0.345 e. The van der Waals surface area contributed by atoms with Crippen LogP contribution in [-0.4, -0.2) is 9.97 Å². The molecule has 0 amide bonds. The summed E-state index contributed by atoms with van der Waals surface area (Å²) in [6, 6.07) is 4.26. The zero-order valence-corrected chi connectivity index (χ0v) is 11.2. The molecule has 0 aromatic carbocycles. The van der Waals surface area contributed by atoms with Gasteiger partial charge in [-0.15, -0.1) is 11.3 Å². The first-order valence-electron chi connectivity index (χ1n) is 5.24. The molecule has 0 radical (unpaired) electrons. The lowest BCUT2D eigenvalue weighted by atomic mass is 10.0. The fourth-order valence-corrected chi connectivity index (χ4v) is 3.00. The molecular formula is C12H14N2S2.